The Morgan fingerprint density at radius 2 is 1.70 bits per heavy atom. The summed E-state index contributed by atoms with van der Waals surface area (Å²) in [7, 11) is 3.02. The largest absolute Gasteiger partial charge is 0.507 e. The number of aromatic hydroxyl groups is 1. The van der Waals surface area contributed by atoms with Crippen LogP contribution in [0.15, 0.2) is 12.1 Å². The molecule has 0 aliphatic heterocycles. The molecule has 11 heteroatoms. The lowest BCUT2D eigenvalue weighted by Crippen LogP contribution is -2.79. The summed E-state index contributed by atoms with van der Waals surface area (Å²) in [6, 6.07) is 1.34. The maximum Gasteiger partial charge on any atom is 0.293 e. The van der Waals surface area contributed by atoms with Crippen LogP contribution in [0.3, 0.4) is 0 Å². The van der Waals surface area contributed by atoms with Gasteiger partial charge in [0, 0.05) is 11.0 Å². The molecule has 0 spiro atoms. The van der Waals surface area contributed by atoms with E-state index in [4.69, 9.17) is 11.5 Å². The van der Waals surface area contributed by atoms with E-state index in [1.54, 1.807) is 6.92 Å². The van der Waals surface area contributed by atoms with Crippen molar-refractivity contribution in [3.8, 4) is 17.6 Å². The average Bonchev–Trinajstić information content (AvgIpc) is 2.75. The smallest absolute Gasteiger partial charge is 0.293 e. The van der Waals surface area contributed by atoms with Gasteiger partial charge in [0.2, 0.25) is 5.91 Å². The average molecular weight is 510 g/mol. The molecular formula is C26H27N3O8. The fourth-order valence-electron chi connectivity index (χ4n) is 6.97. The Hall–Kier alpha value is -3.88. The van der Waals surface area contributed by atoms with Crippen molar-refractivity contribution in [3.63, 3.8) is 0 Å². The van der Waals surface area contributed by atoms with E-state index in [9.17, 15) is 39.0 Å². The summed E-state index contributed by atoms with van der Waals surface area (Å²) in [5.41, 5.74) is 4.96. The molecule has 194 valence electrons. The first-order valence-electron chi connectivity index (χ1n) is 11.5. The number of aliphatic hydroxyl groups is 1. The molecule has 6 atom stereocenters. The van der Waals surface area contributed by atoms with Crippen LogP contribution in [0, 0.1) is 34.5 Å². The highest BCUT2D eigenvalue weighted by molar-refractivity contribution is 6.33. The van der Waals surface area contributed by atoms with Gasteiger partial charge in [0.25, 0.3) is 5.91 Å². The van der Waals surface area contributed by atoms with Crippen molar-refractivity contribution >= 4 is 34.9 Å². The summed E-state index contributed by atoms with van der Waals surface area (Å²) in [6.07, 6.45) is -0.155. The Balaban J connectivity index is 1.99. The summed E-state index contributed by atoms with van der Waals surface area (Å²) in [4.78, 5) is 79.5. The van der Waals surface area contributed by atoms with Gasteiger partial charge in [-0.05, 0) is 56.0 Å². The summed E-state index contributed by atoms with van der Waals surface area (Å²) in [6.45, 7) is 3.04. The number of phenolic OH excluding ortho intramolecular Hbond substituents is 1. The van der Waals surface area contributed by atoms with Gasteiger partial charge in [0.15, 0.2) is 34.7 Å². The molecule has 0 aromatic heterocycles. The SMILES string of the molecule is CN(C)[C@@H]1C(=O)C(C(N)=O)C(=O)[C@@]2(O)C(=O)C3C(=O)c4c(O)ccc(C#CC(N)=O)c4C[C@@]3(C)C[C@@]12C. The Bertz CT molecular complexity index is 1390. The van der Waals surface area contributed by atoms with Gasteiger partial charge >= 0.3 is 0 Å². The quantitative estimate of drug-likeness (QED) is 0.270. The molecule has 4 rings (SSSR count). The second kappa shape index (κ2) is 8.06. The van der Waals surface area contributed by atoms with Crippen molar-refractivity contribution in [2.45, 2.75) is 38.3 Å². The Morgan fingerprint density at radius 1 is 1.08 bits per heavy atom. The van der Waals surface area contributed by atoms with Gasteiger partial charge in [-0.2, -0.15) is 0 Å². The number of carbonyl (C=O) groups is 6. The van der Waals surface area contributed by atoms with Crippen LogP contribution in [-0.4, -0.2) is 75.8 Å². The van der Waals surface area contributed by atoms with E-state index < -0.39 is 75.0 Å². The van der Waals surface area contributed by atoms with E-state index in [0.717, 1.165) is 0 Å². The number of carbonyl (C=O) groups excluding carboxylic acids is 6. The maximum absolute atomic E-state index is 14.1. The predicted octanol–water partition coefficient (Wildman–Crippen LogP) is -1.52. The number of rotatable bonds is 2. The molecule has 1 aromatic carbocycles. The van der Waals surface area contributed by atoms with E-state index in [2.05, 4.69) is 11.8 Å². The molecule has 37 heavy (non-hydrogen) atoms. The summed E-state index contributed by atoms with van der Waals surface area (Å²) < 4.78 is 0. The molecule has 1 aromatic rings. The molecule has 2 unspecified atom stereocenters. The summed E-state index contributed by atoms with van der Waals surface area (Å²) >= 11 is 0. The standard InChI is InChI=1S/C26H27N3O8/c1-24-9-12-11(6-8-14(27)31)5-7-13(30)15(12)18(32)17(24)22(35)26(37)21(34)16(23(28)36)19(33)20(29(3)4)25(26,2)10-24/h5,7,16-17,20,30,37H,9-10H2,1-4H3,(H2,27,31)(H2,28,36)/t16?,17?,20-,24+,25+,26-/m1/s1. The third-order valence-corrected chi connectivity index (χ3v) is 8.19. The van der Waals surface area contributed by atoms with Crippen LogP contribution >= 0.6 is 0 Å². The number of nitrogens with two attached hydrogens (primary N) is 2. The number of ketones is 4. The number of likely N-dealkylation sites (N-methyl/N-ethyl adjacent to an activating group) is 1. The molecule has 3 aliphatic rings. The van der Waals surface area contributed by atoms with Gasteiger partial charge in [-0.25, -0.2) is 0 Å². The summed E-state index contributed by atoms with van der Waals surface area (Å²) in [5, 5.41) is 22.4. The Labute approximate surface area is 212 Å². The lowest BCUT2D eigenvalue weighted by Gasteiger charge is -2.61. The van der Waals surface area contributed by atoms with Gasteiger partial charge in [-0.15, -0.1) is 0 Å². The topological polar surface area (TPSA) is 198 Å². The number of fused-ring (bicyclic) bond motifs is 3. The number of benzene rings is 1. The molecule has 6 N–H and O–H groups in total. The van der Waals surface area contributed by atoms with Crippen molar-refractivity contribution < 1.29 is 39.0 Å². The van der Waals surface area contributed by atoms with Crippen molar-refractivity contribution in [1.29, 1.82) is 0 Å². The van der Waals surface area contributed by atoms with Crippen molar-refractivity contribution in [2.75, 3.05) is 14.1 Å². The van der Waals surface area contributed by atoms with E-state index >= 15 is 0 Å². The number of amides is 2. The zero-order valence-corrected chi connectivity index (χ0v) is 20.7. The molecule has 11 nitrogen and oxygen atoms in total. The summed E-state index contributed by atoms with van der Waals surface area (Å²) in [5.74, 6) is -5.67. The number of nitrogens with zero attached hydrogens (tertiary/aromatic N) is 1. The Kier molecular flexibility index (Phi) is 5.71. The number of Topliss-reactive ketones (excluding diaryl/α,β-unsaturated/α-hetero) is 4. The van der Waals surface area contributed by atoms with E-state index in [-0.39, 0.29) is 29.5 Å². The fourth-order valence-corrected chi connectivity index (χ4v) is 6.97. The highest BCUT2D eigenvalue weighted by Crippen LogP contribution is 2.61. The maximum atomic E-state index is 14.1. The van der Waals surface area contributed by atoms with Crippen molar-refractivity contribution in [1.82, 2.24) is 4.90 Å². The molecule has 0 radical (unpaired) electrons. The highest BCUT2D eigenvalue weighted by Gasteiger charge is 2.76. The highest BCUT2D eigenvalue weighted by atomic mass is 16.3. The van der Waals surface area contributed by atoms with E-state index in [1.165, 1.54) is 38.1 Å². The first-order valence-corrected chi connectivity index (χ1v) is 11.5. The van der Waals surface area contributed by atoms with Crippen LogP contribution in [-0.2, 0) is 30.4 Å². The van der Waals surface area contributed by atoms with Crippen LogP contribution < -0.4 is 11.5 Å². The van der Waals surface area contributed by atoms with Crippen LogP contribution in [0.4, 0.5) is 0 Å². The first-order chi connectivity index (χ1) is 17.0. The van der Waals surface area contributed by atoms with Gasteiger partial charge in [0.05, 0.1) is 17.5 Å². The number of phenols is 1. The molecule has 2 amide bonds. The van der Waals surface area contributed by atoms with Crippen LogP contribution in [0.5, 0.6) is 5.75 Å². The number of primary amides is 2. The van der Waals surface area contributed by atoms with Gasteiger partial charge in [0.1, 0.15) is 5.75 Å². The monoisotopic (exact) mass is 509 g/mol. The third kappa shape index (κ3) is 3.29. The number of hydrogen-bond donors (Lipinski definition) is 4. The molecule has 0 bridgehead atoms. The van der Waals surface area contributed by atoms with Gasteiger partial charge < -0.3 is 21.7 Å². The van der Waals surface area contributed by atoms with Gasteiger partial charge in [-0.3, -0.25) is 33.7 Å². The van der Waals surface area contributed by atoms with Crippen molar-refractivity contribution in [3.05, 3.63) is 28.8 Å². The molecular weight excluding hydrogens is 482 g/mol. The molecule has 0 saturated heterocycles. The minimum absolute atomic E-state index is 0.00486. The minimum atomic E-state index is -2.87. The van der Waals surface area contributed by atoms with Crippen LogP contribution in [0.2, 0.25) is 0 Å². The zero-order valence-electron chi connectivity index (χ0n) is 20.7. The van der Waals surface area contributed by atoms with Crippen molar-refractivity contribution in [2.24, 2.45) is 34.1 Å². The van der Waals surface area contributed by atoms with Crippen LogP contribution in [0.25, 0.3) is 0 Å². The number of hydrogen-bond acceptors (Lipinski definition) is 9. The molecule has 2 fully saturated rings. The van der Waals surface area contributed by atoms with Gasteiger partial charge in [-0.1, -0.05) is 19.8 Å². The fraction of sp³-hybridized carbons (Fsp3) is 0.462. The predicted molar refractivity (Wildman–Crippen MR) is 127 cm³/mol. The normalized spacial score (nSPS) is 34.7. The molecule has 2 saturated carbocycles. The second-order valence-corrected chi connectivity index (χ2v) is 10.9. The van der Waals surface area contributed by atoms with Crippen LogP contribution in [0.1, 0.15) is 41.8 Å². The lowest BCUT2D eigenvalue weighted by molar-refractivity contribution is -0.203. The minimum Gasteiger partial charge on any atom is -0.507 e. The molecule has 3 aliphatic carbocycles. The second-order valence-electron chi connectivity index (χ2n) is 10.9. The van der Waals surface area contributed by atoms with E-state index in [1.807, 2.05) is 0 Å². The molecule has 0 heterocycles. The first kappa shape index (κ1) is 26.2. The lowest BCUT2D eigenvalue weighted by atomic mass is 9.42. The Morgan fingerprint density at radius 3 is 2.24 bits per heavy atom. The third-order valence-electron chi connectivity index (χ3n) is 8.19. The van der Waals surface area contributed by atoms with E-state index in [0.29, 0.717) is 0 Å². The zero-order chi connectivity index (χ0) is 27.8.